The van der Waals surface area contributed by atoms with E-state index >= 15 is 0 Å². The number of ether oxygens (including phenoxy) is 1. The van der Waals surface area contributed by atoms with Crippen molar-refractivity contribution < 1.29 is 14.5 Å². The van der Waals surface area contributed by atoms with Crippen molar-refractivity contribution >= 4 is 28.8 Å². The van der Waals surface area contributed by atoms with E-state index in [2.05, 4.69) is 5.10 Å². The summed E-state index contributed by atoms with van der Waals surface area (Å²) in [5.74, 6) is -0.0666. The summed E-state index contributed by atoms with van der Waals surface area (Å²) in [6.07, 6.45) is -0.934. The van der Waals surface area contributed by atoms with Gasteiger partial charge in [-0.3, -0.25) is 14.9 Å². The van der Waals surface area contributed by atoms with Crippen LogP contribution >= 0.6 is 11.3 Å². The fourth-order valence-corrected chi connectivity index (χ4v) is 2.78. The van der Waals surface area contributed by atoms with Crippen molar-refractivity contribution in [2.75, 3.05) is 0 Å². The molecule has 2 aromatic rings. The molecule has 1 unspecified atom stereocenters. The third-order valence-electron chi connectivity index (χ3n) is 3.10. The molecule has 22 heavy (non-hydrogen) atoms. The number of hydrogen-bond acceptors (Lipinski definition) is 6. The van der Waals surface area contributed by atoms with Gasteiger partial charge in [-0.1, -0.05) is 18.2 Å². The number of para-hydroxylation sites is 1. The molecule has 0 saturated heterocycles. The molecule has 1 atom stereocenters. The lowest BCUT2D eigenvalue weighted by molar-refractivity contribution is -0.386. The van der Waals surface area contributed by atoms with Crippen molar-refractivity contribution in [3.63, 3.8) is 0 Å². The van der Waals surface area contributed by atoms with E-state index in [0.29, 0.717) is 0 Å². The minimum absolute atomic E-state index is 0.110. The summed E-state index contributed by atoms with van der Waals surface area (Å²) in [5.41, 5.74) is 0.180. The van der Waals surface area contributed by atoms with Crippen LogP contribution in [0.4, 0.5) is 5.69 Å². The summed E-state index contributed by atoms with van der Waals surface area (Å²) < 4.78 is 5.72. The molecule has 0 bridgehead atoms. The van der Waals surface area contributed by atoms with Gasteiger partial charge in [0.15, 0.2) is 0 Å². The largest absolute Gasteiger partial charge is 0.445 e. The van der Waals surface area contributed by atoms with E-state index in [-0.39, 0.29) is 23.1 Å². The van der Waals surface area contributed by atoms with Gasteiger partial charge in [0.05, 0.1) is 15.4 Å². The van der Waals surface area contributed by atoms with E-state index in [4.69, 9.17) is 4.74 Å². The van der Waals surface area contributed by atoms with Gasteiger partial charge in [0.25, 0.3) is 11.6 Å². The number of amides is 1. The number of hydrogen-bond donors (Lipinski definition) is 0. The highest BCUT2D eigenvalue weighted by molar-refractivity contribution is 7.12. The number of carbonyl (C=O) groups excluding carboxylic acids is 1. The van der Waals surface area contributed by atoms with Crippen LogP contribution in [0.2, 0.25) is 0 Å². The Kier molecular flexibility index (Phi) is 3.60. The third-order valence-corrected chi connectivity index (χ3v) is 3.96. The molecule has 0 N–H and O–H groups in total. The number of carbonyl (C=O) groups is 1. The molecule has 0 radical (unpaired) electrons. The monoisotopic (exact) mass is 317 g/mol. The van der Waals surface area contributed by atoms with Gasteiger partial charge in [0, 0.05) is 13.0 Å². The Hall–Kier alpha value is -2.74. The number of nitro benzene ring substituents is 1. The van der Waals surface area contributed by atoms with Gasteiger partial charge in [0.1, 0.15) is 0 Å². The molecule has 1 aliphatic rings. The topological polar surface area (TPSA) is 85.0 Å². The number of benzene rings is 1. The summed E-state index contributed by atoms with van der Waals surface area (Å²) in [7, 11) is 0. The lowest BCUT2D eigenvalue weighted by Gasteiger charge is -2.18. The molecule has 0 aliphatic carbocycles. The van der Waals surface area contributed by atoms with E-state index in [1.807, 2.05) is 17.5 Å². The second kappa shape index (κ2) is 5.57. The lowest BCUT2D eigenvalue weighted by atomic mass is 10.1. The summed E-state index contributed by atoms with van der Waals surface area (Å²) in [6, 6.07) is 9.81. The molecule has 7 nitrogen and oxygen atoms in total. The van der Waals surface area contributed by atoms with E-state index < -0.39 is 11.2 Å². The molecule has 0 fully saturated rings. The number of nitro groups is 1. The fourth-order valence-electron chi connectivity index (χ4n) is 2.13. The predicted octanol–water partition coefficient (Wildman–Crippen LogP) is 2.90. The van der Waals surface area contributed by atoms with E-state index in [1.165, 1.54) is 24.3 Å². The second-order valence-electron chi connectivity index (χ2n) is 4.53. The van der Waals surface area contributed by atoms with E-state index in [1.54, 1.807) is 18.2 Å². The minimum atomic E-state index is -0.934. The first-order valence-electron chi connectivity index (χ1n) is 6.40. The number of rotatable bonds is 3. The second-order valence-corrected chi connectivity index (χ2v) is 5.48. The van der Waals surface area contributed by atoms with Crippen molar-refractivity contribution in [2.45, 2.75) is 13.2 Å². The number of hydrazone groups is 1. The first kappa shape index (κ1) is 14.2. The van der Waals surface area contributed by atoms with Crippen molar-refractivity contribution in [3.05, 3.63) is 62.3 Å². The average molecular weight is 317 g/mol. The maximum atomic E-state index is 11.8. The number of nitrogens with zero attached hydrogens (tertiary/aromatic N) is 3. The van der Waals surface area contributed by atoms with Crippen LogP contribution in [-0.2, 0) is 9.53 Å². The Morgan fingerprint density at radius 2 is 2.14 bits per heavy atom. The summed E-state index contributed by atoms with van der Waals surface area (Å²) in [4.78, 5) is 23.2. The number of thiophene rings is 1. The van der Waals surface area contributed by atoms with Gasteiger partial charge >= 0.3 is 0 Å². The van der Waals surface area contributed by atoms with Gasteiger partial charge in [-0.15, -0.1) is 16.4 Å². The molecule has 0 saturated carbocycles. The highest BCUT2D eigenvalue weighted by Crippen LogP contribution is 2.35. The zero-order valence-electron chi connectivity index (χ0n) is 11.5. The highest BCUT2D eigenvalue weighted by Gasteiger charge is 2.37. The van der Waals surface area contributed by atoms with Crippen LogP contribution in [0.1, 0.15) is 23.6 Å². The first-order chi connectivity index (χ1) is 10.6. The van der Waals surface area contributed by atoms with Gasteiger partial charge in [-0.25, -0.2) is 0 Å². The van der Waals surface area contributed by atoms with E-state index in [9.17, 15) is 14.9 Å². The molecule has 3 rings (SSSR count). The molecule has 1 aliphatic heterocycles. The first-order valence-corrected chi connectivity index (χ1v) is 7.28. The van der Waals surface area contributed by atoms with Crippen molar-refractivity contribution in [1.29, 1.82) is 0 Å². The molecule has 1 aromatic carbocycles. The molecule has 0 spiro atoms. The third kappa shape index (κ3) is 2.44. The van der Waals surface area contributed by atoms with Crippen LogP contribution in [0.5, 0.6) is 0 Å². The molecule has 1 amide bonds. The molecule has 2 heterocycles. The van der Waals surface area contributed by atoms with E-state index in [0.717, 1.165) is 9.89 Å². The van der Waals surface area contributed by atoms with Crippen LogP contribution in [-0.4, -0.2) is 21.7 Å². The zero-order chi connectivity index (χ0) is 15.7. The Labute approximate surface area is 129 Å². The summed E-state index contributed by atoms with van der Waals surface area (Å²) in [6.45, 7) is 1.34. The minimum Gasteiger partial charge on any atom is -0.445 e. The standard InChI is InChI=1S/C14H11N3O4S/c1-9(18)16-14(10-5-2-3-6-11(10)17(19)20)21-13(15-16)12-7-4-8-22-12/h2-8,14H,1H3. The van der Waals surface area contributed by atoms with Gasteiger partial charge in [-0.2, -0.15) is 5.01 Å². The zero-order valence-corrected chi connectivity index (χ0v) is 12.3. The molecule has 112 valence electrons. The van der Waals surface area contributed by atoms with Crippen molar-refractivity contribution in [1.82, 2.24) is 5.01 Å². The Balaban J connectivity index is 2.01. The molecule has 8 heteroatoms. The molecule has 1 aromatic heterocycles. The van der Waals surface area contributed by atoms with Crippen LogP contribution in [0, 0.1) is 10.1 Å². The summed E-state index contributed by atoms with van der Waals surface area (Å²) in [5, 5.41) is 18.3. The predicted molar refractivity (Wildman–Crippen MR) is 80.3 cm³/mol. The lowest BCUT2D eigenvalue weighted by Crippen LogP contribution is -2.25. The maximum absolute atomic E-state index is 11.8. The molecular formula is C14H11N3O4S. The fraction of sp³-hybridized carbons (Fsp3) is 0.143. The molecular weight excluding hydrogens is 306 g/mol. The van der Waals surface area contributed by atoms with Gasteiger partial charge in [-0.05, 0) is 17.5 Å². The van der Waals surface area contributed by atoms with Gasteiger partial charge in [0.2, 0.25) is 12.1 Å². The quantitative estimate of drug-likeness (QED) is 0.643. The van der Waals surface area contributed by atoms with Crippen LogP contribution in [0.25, 0.3) is 0 Å². The maximum Gasteiger partial charge on any atom is 0.278 e. The van der Waals surface area contributed by atoms with Crippen molar-refractivity contribution in [3.8, 4) is 0 Å². The van der Waals surface area contributed by atoms with Crippen molar-refractivity contribution in [2.24, 2.45) is 5.10 Å². The Morgan fingerprint density at radius 3 is 2.77 bits per heavy atom. The van der Waals surface area contributed by atoms with Crippen LogP contribution in [0.15, 0.2) is 46.9 Å². The summed E-state index contributed by atoms with van der Waals surface area (Å²) >= 11 is 1.41. The smallest absolute Gasteiger partial charge is 0.278 e. The van der Waals surface area contributed by atoms with Gasteiger partial charge < -0.3 is 4.74 Å². The highest BCUT2D eigenvalue weighted by atomic mass is 32.1. The Bertz CT molecular complexity index is 757. The Morgan fingerprint density at radius 1 is 1.36 bits per heavy atom. The average Bonchev–Trinajstić information content (AvgIpc) is 3.16. The van der Waals surface area contributed by atoms with Crippen LogP contribution in [0.3, 0.4) is 0 Å². The SMILES string of the molecule is CC(=O)N1N=C(c2cccs2)OC1c1ccccc1[N+](=O)[O-]. The normalized spacial score (nSPS) is 17.0. The van der Waals surface area contributed by atoms with Crippen LogP contribution < -0.4 is 0 Å².